The summed E-state index contributed by atoms with van der Waals surface area (Å²) in [6.07, 6.45) is 2.55. The molecule has 0 N–H and O–H groups in total. The van der Waals surface area contributed by atoms with Crippen LogP contribution >= 0.6 is 0 Å². The van der Waals surface area contributed by atoms with Gasteiger partial charge in [-0.25, -0.2) is 0 Å². The van der Waals surface area contributed by atoms with Gasteiger partial charge in [-0.05, 0) is 18.8 Å². The molecule has 0 spiro atoms. The quantitative estimate of drug-likeness (QED) is 0.688. The number of carbonyl (C=O) groups excluding carboxylic acids is 1. The fourth-order valence-electron chi connectivity index (χ4n) is 1.17. The van der Waals surface area contributed by atoms with Gasteiger partial charge in [0.15, 0.2) is 0 Å². The first-order valence-electron chi connectivity index (χ1n) is 6.79. The molecule has 0 aromatic heterocycles. The van der Waals surface area contributed by atoms with E-state index in [4.69, 9.17) is 4.74 Å². The Morgan fingerprint density at radius 1 is 1.24 bits per heavy atom. The van der Waals surface area contributed by atoms with Crippen LogP contribution in [0.15, 0.2) is 0 Å². The van der Waals surface area contributed by atoms with Crippen molar-refractivity contribution in [1.82, 2.24) is 4.90 Å². The van der Waals surface area contributed by atoms with Gasteiger partial charge in [-0.1, -0.05) is 34.6 Å². The van der Waals surface area contributed by atoms with Crippen LogP contribution in [0, 0.1) is 5.92 Å². The minimum atomic E-state index is 0.0821. The Kier molecular flexibility index (Phi) is 13.2. The lowest BCUT2D eigenvalue weighted by molar-refractivity contribution is -0.131. The molecule has 0 aliphatic carbocycles. The summed E-state index contributed by atoms with van der Waals surface area (Å²) in [5, 5.41) is 0. The largest absolute Gasteiger partial charge is 0.378 e. The number of hydrogen-bond donors (Lipinski definition) is 0. The maximum atomic E-state index is 11.5. The molecule has 0 heterocycles. The Morgan fingerprint density at radius 2 is 1.76 bits per heavy atom. The van der Waals surface area contributed by atoms with E-state index >= 15 is 0 Å². The van der Waals surface area contributed by atoms with Crippen LogP contribution in [-0.2, 0) is 9.53 Å². The van der Waals surface area contributed by atoms with Crippen molar-refractivity contribution >= 4 is 5.91 Å². The number of ether oxygens (including phenoxy) is 1. The third kappa shape index (κ3) is 11.7. The molecule has 0 aliphatic heterocycles. The normalized spacial score (nSPS) is 11.8. The molecule has 0 saturated heterocycles. The van der Waals surface area contributed by atoms with Crippen LogP contribution < -0.4 is 0 Å². The second-order valence-corrected chi connectivity index (χ2v) is 4.58. The summed E-state index contributed by atoms with van der Waals surface area (Å²) in [5.41, 5.74) is 0. The second-order valence-electron chi connectivity index (χ2n) is 4.58. The first-order valence-corrected chi connectivity index (χ1v) is 6.79. The van der Waals surface area contributed by atoms with E-state index in [0.717, 1.165) is 19.4 Å². The van der Waals surface area contributed by atoms with Crippen molar-refractivity contribution < 1.29 is 9.53 Å². The molecule has 0 rings (SSSR count). The smallest absolute Gasteiger partial charge is 0.224 e. The first kappa shape index (κ1) is 18.8. The molecule has 0 bridgehead atoms. The first-order chi connectivity index (χ1) is 7.97. The molecule has 0 radical (unpaired) electrons. The Hall–Kier alpha value is -0.570. The summed E-state index contributed by atoms with van der Waals surface area (Å²) in [7, 11) is 3.56. The van der Waals surface area contributed by atoms with E-state index in [1.807, 2.05) is 13.8 Å². The fraction of sp³-hybridized carbons (Fsp3) is 0.929. The minimum Gasteiger partial charge on any atom is -0.378 e. The SMILES string of the molecule is CC.CCC(CC(=O)N(C)C)OCCC(C)C. The Bertz CT molecular complexity index is 179. The van der Waals surface area contributed by atoms with Gasteiger partial charge in [0, 0.05) is 20.7 Å². The lowest BCUT2D eigenvalue weighted by Crippen LogP contribution is -2.27. The van der Waals surface area contributed by atoms with Gasteiger partial charge in [-0.2, -0.15) is 0 Å². The molecule has 0 fully saturated rings. The molecule has 104 valence electrons. The standard InChI is InChI=1S/C12H25NO2.C2H6/c1-6-11(9-12(14)13(4)5)15-8-7-10(2)3;1-2/h10-11H,6-9H2,1-5H3;1-2H3. The molecule has 0 saturated carbocycles. The maximum absolute atomic E-state index is 11.5. The predicted molar refractivity (Wildman–Crippen MR) is 74.1 cm³/mol. The van der Waals surface area contributed by atoms with E-state index in [1.54, 1.807) is 19.0 Å². The van der Waals surface area contributed by atoms with Gasteiger partial charge >= 0.3 is 0 Å². The molecular formula is C14H31NO2. The van der Waals surface area contributed by atoms with Crippen LogP contribution in [0.1, 0.15) is 53.9 Å². The second kappa shape index (κ2) is 11.9. The van der Waals surface area contributed by atoms with Gasteiger partial charge in [0.2, 0.25) is 5.91 Å². The van der Waals surface area contributed by atoms with Gasteiger partial charge in [-0.15, -0.1) is 0 Å². The van der Waals surface area contributed by atoms with E-state index < -0.39 is 0 Å². The summed E-state index contributed by atoms with van der Waals surface area (Å²) in [6.45, 7) is 11.2. The molecule has 3 nitrogen and oxygen atoms in total. The summed E-state index contributed by atoms with van der Waals surface area (Å²) < 4.78 is 5.68. The molecule has 3 heteroatoms. The van der Waals surface area contributed by atoms with E-state index in [2.05, 4.69) is 20.8 Å². The number of nitrogens with zero attached hydrogens (tertiary/aromatic N) is 1. The highest BCUT2D eigenvalue weighted by Gasteiger charge is 2.13. The van der Waals surface area contributed by atoms with Crippen molar-refractivity contribution in [2.45, 2.75) is 60.0 Å². The third-order valence-electron chi connectivity index (χ3n) is 2.41. The Balaban J connectivity index is 0. The third-order valence-corrected chi connectivity index (χ3v) is 2.41. The topological polar surface area (TPSA) is 29.5 Å². The Labute approximate surface area is 108 Å². The van der Waals surface area contributed by atoms with Crippen LogP contribution in [0.3, 0.4) is 0 Å². The van der Waals surface area contributed by atoms with E-state index in [0.29, 0.717) is 12.3 Å². The molecule has 0 aromatic carbocycles. The van der Waals surface area contributed by atoms with Crippen molar-refractivity contribution in [2.75, 3.05) is 20.7 Å². The van der Waals surface area contributed by atoms with Gasteiger partial charge in [0.05, 0.1) is 12.5 Å². The molecule has 0 aliphatic rings. The summed E-state index contributed by atoms with van der Waals surface area (Å²) >= 11 is 0. The van der Waals surface area contributed by atoms with Crippen molar-refractivity contribution in [1.29, 1.82) is 0 Å². The molecule has 1 unspecified atom stereocenters. The van der Waals surface area contributed by atoms with Crippen LogP contribution in [0.5, 0.6) is 0 Å². The van der Waals surface area contributed by atoms with Gasteiger partial charge in [0.25, 0.3) is 0 Å². The van der Waals surface area contributed by atoms with Crippen molar-refractivity contribution in [3.8, 4) is 0 Å². The minimum absolute atomic E-state index is 0.0821. The number of hydrogen-bond acceptors (Lipinski definition) is 2. The van der Waals surface area contributed by atoms with Crippen LogP contribution in [0.4, 0.5) is 0 Å². The zero-order chi connectivity index (χ0) is 13.8. The molecule has 0 aromatic rings. The molecular weight excluding hydrogens is 214 g/mol. The van der Waals surface area contributed by atoms with Crippen LogP contribution in [0.25, 0.3) is 0 Å². The fourth-order valence-corrected chi connectivity index (χ4v) is 1.17. The highest BCUT2D eigenvalue weighted by atomic mass is 16.5. The van der Waals surface area contributed by atoms with Crippen LogP contribution in [-0.4, -0.2) is 37.6 Å². The molecule has 17 heavy (non-hydrogen) atoms. The van der Waals surface area contributed by atoms with Gasteiger partial charge < -0.3 is 9.64 Å². The van der Waals surface area contributed by atoms with Gasteiger partial charge in [0.1, 0.15) is 0 Å². The monoisotopic (exact) mass is 245 g/mol. The predicted octanol–water partition coefficient (Wildman–Crippen LogP) is 3.33. The summed E-state index contributed by atoms with van der Waals surface area (Å²) in [4.78, 5) is 13.1. The van der Waals surface area contributed by atoms with E-state index in [-0.39, 0.29) is 12.0 Å². The maximum Gasteiger partial charge on any atom is 0.224 e. The average Bonchev–Trinajstić information content (AvgIpc) is 2.29. The van der Waals surface area contributed by atoms with Crippen LogP contribution in [0.2, 0.25) is 0 Å². The Morgan fingerprint density at radius 3 is 2.12 bits per heavy atom. The van der Waals surface area contributed by atoms with E-state index in [1.165, 1.54) is 0 Å². The highest BCUT2D eigenvalue weighted by molar-refractivity contribution is 5.76. The van der Waals surface area contributed by atoms with Crippen molar-refractivity contribution in [3.63, 3.8) is 0 Å². The van der Waals surface area contributed by atoms with Crippen molar-refractivity contribution in [3.05, 3.63) is 0 Å². The summed E-state index contributed by atoms with van der Waals surface area (Å²) in [5.74, 6) is 0.804. The lowest BCUT2D eigenvalue weighted by Gasteiger charge is -2.18. The zero-order valence-electron chi connectivity index (χ0n) is 12.7. The zero-order valence-corrected chi connectivity index (χ0v) is 12.7. The highest BCUT2D eigenvalue weighted by Crippen LogP contribution is 2.08. The number of amides is 1. The van der Waals surface area contributed by atoms with E-state index in [9.17, 15) is 4.79 Å². The summed E-state index contributed by atoms with van der Waals surface area (Å²) in [6, 6.07) is 0. The number of rotatable bonds is 7. The lowest BCUT2D eigenvalue weighted by atomic mass is 10.1. The van der Waals surface area contributed by atoms with Gasteiger partial charge in [-0.3, -0.25) is 4.79 Å². The average molecular weight is 245 g/mol. The van der Waals surface area contributed by atoms with Crippen molar-refractivity contribution in [2.24, 2.45) is 5.92 Å². The number of carbonyl (C=O) groups is 1. The molecule has 1 amide bonds. The molecule has 1 atom stereocenters.